The highest BCUT2D eigenvalue weighted by Gasteiger charge is 2.23. The van der Waals surface area contributed by atoms with E-state index >= 15 is 0 Å². The lowest BCUT2D eigenvalue weighted by Gasteiger charge is -2.31. The second kappa shape index (κ2) is 9.64. The fourth-order valence-electron chi connectivity index (χ4n) is 2.97. The van der Waals surface area contributed by atoms with E-state index in [1.54, 1.807) is 18.4 Å². The molecule has 1 fully saturated rings. The summed E-state index contributed by atoms with van der Waals surface area (Å²) in [5.41, 5.74) is 6.74. The van der Waals surface area contributed by atoms with Crippen LogP contribution >= 0.6 is 11.3 Å². The molecule has 1 aromatic rings. The van der Waals surface area contributed by atoms with Crippen molar-refractivity contribution in [1.29, 1.82) is 0 Å². The van der Waals surface area contributed by atoms with Crippen molar-refractivity contribution in [3.8, 4) is 0 Å². The molecule has 6 nitrogen and oxygen atoms in total. The number of piperidine rings is 1. The number of amides is 1. The van der Waals surface area contributed by atoms with Gasteiger partial charge in [-0.25, -0.2) is 0 Å². The maximum absolute atomic E-state index is 11.3. The fourth-order valence-corrected chi connectivity index (χ4v) is 3.82. The Morgan fingerprint density at radius 3 is 3.00 bits per heavy atom. The van der Waals surface area contributed by atoms with Crippen LogP contribution in [0.4, 0.5) is 0 Å². The highest BCUT2D eigenvalue weighted by Crippen LogP contribution is 2.16. The van der Waals surface area contributed by atoms with Crippen LogP contribution in [-0.4, -0.2) is 50.0 Å². The highest BCUT2D eigenvalue weighted by molar-refractivity contribution is 7.10. The van der Waals surface area contributed by atoms with E-state index in [0.717, 1.165) is 57.9 Å². The van der Waals surface area contributed by atoms with Crippen LogP contribution < -0.4 is 16.4 Å². The van der Waals surface area contributed by atoms with Gasteiger partial charge in [0.05, 0.1) is 12.5 Å². The summed E-state index contributed by atoms with van der Waals surface area (Å²) in [4.78, 5) is 19.2. The average molecular weight is 352 g/mol. The van der Waals surface area contributed by atoms with Gasteiger partial charge in [0.1, 0.15) is 0 Å². The van der Waals surface area contributed by atoms with Crippen molar-refractivity contribution in [3.05, 3.63) is 21.9 Å². The van der Waals surface area contributed by atoms with Gasteiger partial charge >= 0.3 is 0 Å². The summed E-state index contributed by atoms with van der Waals surface area (Å²) in [5, 5.41) is 8.81. The van der Waals surface area contributed by atoms with Crippen LogP contribution in [0.3, 0.4) is 0 Å². The van der Waals surface area contributed by atoms with Crippen molar-refractivity contribution >= 4 is 23.2 Å². The first-order valence-electron chi connectivity index (χ1n) is 8.59. The van der Waals surface area contributed by atoms with Gasteiger partial charge in [0, 0.05) is 25.0 Å². The minimum atomic E-state index is -0.161. The van der Waals surface area contributed by atoms with Gasteiger partial charge in [-0.05, 0) is 56.3 Å². The molecule has 1 aliphatic heterocycles. The average Bonchev–Trinajstić information content (AvgIpc) is 2.99. The van der Waals surface area contributed by atoms with Crippen molar-refractivity contribution in [2.75, 3.05) is 33.2 Å². The Balaban J connectivity index is 1.63. The van der Waals surface area contributed by atoms with Gasteiger partial charge in [-0.15, -0.1) is 11.3 Å². The van der Waals surface area contributed by atoms with Crippen molar-refractivity contribution in [2.24, 2.45) is 16.6 Å². The molecule has 1 amide bonds. The van der Waals surface area contributed by atoms with E-state index in [1.807, 2.05) is 0 Å². The van der Waals surface area contributed by atoms with Crippen molar-refractivity contribution < 1.29 is 4.79 Å². The van der Waals surface area contributed by atoms with Gasteiger partial charge in [0.15, 0.2) is 5.96 Å². The first-order valence-corrected chi connectivity index (χ1v) is 9.47. The topological polar surface area (TPSA) is 82.8 Å². The van der Waals surface area contributed by atoms with Gasteiger partial charge in [0.2, 0.25) is 5.91 Å². The Labute approximate surface area is 148 Å². The van der Waals surface area contributed by atoms with E-state index < -0.39 is 0 Å². The largest absolute Gasteiger partial charge is 0.369 e. The Bertz CT molecular complexity index is 557. The summed E-state index contributed by atoms with van der Waals surface area (Å²) in [6.45, 7) is 6.64. The maximum atomic E-state index is 11.3. The Morgan fingerprint density at radius 2 is 2.33 bits per heavy atom. The van der Waals surface area contributed by atoms with Crippen LogP contribution in [0.15, 0.2) is 16.4 Å². The first-order chi connectivity index (χ1) is 11.6. The molecule has 0 bridgehead atoms. The second-order valence-electron chi connectivity index (χ2n) is 6.28. The molecule has 0 saturated carbocycles. The number of nitrogens with one attached hydrogen (secondary N) is 2. The number of aryl methyl sites for hydroxylation is 1. The molecule has 1 atom stereocenters. The predicted octanol–water partition coefficient (Wildman–Crippen LogP) is 1.31. The van der Waals surface area contributed by atoms with Crippen LogP contribution in [0.2, 0.25) is 0 Å². The molecule has 24 heavy (non-hydrogen) atoms. The second-order valence-corrected chi connectivity index (χ2v) is 7.28. The molecule has 0 aromatic carbocycles. The number of carbonyl (C=O) groups excluding carboxylic acids is 1. The summed E-state index contributed by atoms with van der Waals surface area (Å²) in [7, 11) is 1.79. The molecule has 7 heteroatoms. The number of nitrogens with two attached hydrogens (primary N) is 1. The lowest BCUT2D eigenvalue weighted by Crippen LogP contribution is -2.42. The number of guanidine groups is 1. The number of thiophene rings is 1. The van der Waals surface area contributed by atoms with Gasteiger partial charge in [-0.2, -0.15) is 0 Å². The summed E-state index contributed by atoms with van der Waals surface area (Å²) in [6.07, 6.45) is 3.01. The lowest BCUT2D eigenvalue weighted by atomic mass is 9.97. The van der Waals surface area contributed by atoms with Crippen molar-refractivity contribution in [3.63, 3.8) is 0 Å². The third-order valence-electron chi connectivity index (χ3n) is 4.46. The highest BCUT2D eigenvalue weighted by atomic mass is 32.1. The monoisotopic (exact) mass is 351 g/mol. The third-order valence-corrected chi connectivity index (χ3v) is 5.48. The van der Waals surface area contributed by atoms with E-state index in [1.165, 1.54) is 10.4 Å². The van der Waals surface area contributed by atoms with E-state index in [4.69, 9.17) is 5.73 Å². The number of aliphatic imine (C=N–C) groups is 1. The maximum Gasteiger partial charge on any atom is 0.221 e. The Hall–Kier alpha value is -1.60. The zero-order valence-corrected chi connectivity index (χ0v) is 15.5. The van der Waals surface area contributed by atoms with Crippen LogP contribution in [0.1, 0.15) is 29.7 Å². The fraction of sp³-hybridized carbons (Fsp3) is 0.647. The summed E-state index contributed by atoms with van der Waals surface area (Å²) in [6, 6.07) is 2.13. The molecule has 1 aromatic heterocycles. The molecule has 2 rings (SSSR count). The Morgan fingerprint density at radius 1 is 1.50 bits per heavy atom. The number of nitrogens with zero attached hydrogens (tertiary/aromatic N) is 2. The molecule has 0 radical (unpaired) electrons. The molecular formula is C17H29N5OS. The molecule has 134 valence electrons. The predicted molar refractivity (Wildman–Crippen MR) is 100 cm³/mol. The van der Waals surface area contributed by atoms with E-state index in [0.29, 0.717) is 0 Å². The standard InChI is InChI=1S/C17H29N5OS/c1-13-6-10-24-15(13)11-21-17(19-2)20-7-4-9-22-8-3-5-14(12-22)16(18)23/h6,10,14H,3-5,7-9,11-12H2,1-2H3,(H2,18,23)(H2,19,20,21). The van der Waals surface area contributed by atoms with Crippen LogP contribution in [-0.2, 0) is 11.3 Å². The summed E-state index contributed by atoms with van der Waals surface area (Å²) < 4.78 is 0. The van der Waals surface area contributed by atoms with Gasteiger partial charge in [0.25, 0.3) is 0 Å². The smallest absolute Gasteiger partial charge is 0.221 e. The number of hydrogen-bond donors (Lipinski definition) is 3. The van der Waals surface area contributed by atoms with Gasteiger partial charge in [-0.3, -0.25) is 9.79 Å². The summed E-state index contributed by atoms with van der Waals surface area (Å²) in [5.74, 6) is 0.693. The number of rotatable bonds is 7. The van der Waals surface area contributed by atoms with Crippen LogP contribution in [0, 0.1) is 12.8 Å². The zero-order chi connectivity index (χ0) is 17.4. The SMILES string of the molecule is CN=C(NCCCN1CCCC(C(N)=O)C1)NCc1sccc1C. The van der Waals surface area contributed by atoms with Gasteiger partial charge < -0.3 is 21.3 Å². The van der Waals surface area contributed by atoms with Crippen LogP contribution in [0.25, 0.3) is 0 Å². The molecule has 0 spiro atoms. The number of hydrogen-bond acceptors (Lipinski definition) is 4. The zero-order valence-electron chi connectivity index (χ0n) is 14.7. The molecular weight excluding hydrogens is 322 g/mol. The van der Waals surface area contributed by atoms with E-state index in [9.17, 15) is 4.79 Å². The quantitative estimate of drug-likeness (QED) is 0.393. The normalized spacial score (nSPS) is 19.2. The molecule has 1 unspecified atom stereocenters. The minimum absolute atomic E-state index is 0.0233. The molecule has 1 saturated heterocycles. The molecule has 2 heterocycles. The van der Waals surface area contributed by atoms with E-state index in [-0.39, 0.29) is 11.8 Å². The van der Waals surface area contributed by atoms with Crippen molar-refractivity contribution in [1.82, 2.24) is 15.5 Å². The number of likely N-dealkylation sites (tertiary alicyclic amines) is 1. The van der Waals surface area contributed by atoms with Crippen LogP contribution in [0.5, 0.6) is 0 Å². The molecule has 4 N–H and O–H groups in total. The minimum Gasteiger partial charge on any atom is -0.369 e. The summed E-state index contributed by atoms with van der Waals surface area (Å²) >= 11 is 1.76. The first kappa shape index (κ1) is 18.7. The third kappa shape index (κ3) is 5.79. The molecule has 0 aliphatic carbocycles. The number of carbonyl (C=O) groups is 1. The molecule has 1 aliphatic rings. The van der Waals surface area contributed by atoms with Gasteiger partial charge in [-0.1, -0.05) is 0 Å². The number of primary amides is 1. The lowest BCUT2D eigenvalue weighted by molar-refractivity contribution is -0.123. The Kier molecular flexibility index (Phi) is 7.52. The van der Waals surface area contributed by atoms with E-state index in [2.05, 4.69) is 38.9 Å². The van der Waals surface area contributed by atoms with Crippen molar-refractivity contribution in [2.45, 2.75) is 32.7 Å².